The Balaban J connectivity index is 1.83. The van der Waals surface area contributed by atoms with E-state index >= 15 is 0 Å². The van der Waals surface area contributed by atoms with Crippen LogP contribution in [0.4, 0.5) is 0 Å². The molecule has 0 aliphatic carbocycles. The number of nitrogens with one attached hydrogen (secondary N) is 1. The molecule has 0 radical (unpaired) electrons. The molecule has 1 aliphatic heterocycles. The van der Waals surface area contributed by atoms with Gasteiger partial charge in [-0.3, -0.25) is 9.89 Å². The van der Waals surface area contributed by atoms with E-state index in [1.807, 2.05) is 0 Å². The van der Waals surface area contributed by atoms with Crippen LogP contribution in [0.5, 0.6) is 0 Å². The summed E-state index contributed by atoms with van der Waals surface area (Å²) in [4.78, 5) is 18.7. The maximum Gasteiger partial charge on any atom is 0.273 e. The summed E-state index contributed by atoms with van der Waals surface area (Å²) in [5.41, 5.74) is 1.01. The molecular weight excluding hydrogens is 292 g/mol. The van der Waals surface area contributed by atoms with Gasteiger partial charge in [0.25, 0.3) is 5.91 Å². The van der Waals surface area contributed by atoms with Gasteiger partial charge in [0, 0.05) is 18.4 Å². The third kappa shape index (κ3) is 2.55. The zero-order chi connectivity index (χ0) is 15.2. The molecule has 1 aliphatic rings. The molecule has 0 saturated heterocycles. The van der Waals surface area contributed by atoms with Gasteiger partial charge in [0.1, 0.15) is 17.1 Å². The summed E-state index contributed by atoms with van der Waals surface area (Å²) >= 11 is 5.94. The fraction of sp³-hybridized carbons (Fsp3) is 0.500. The Bertz CT molecular complexity index is 683. The molecule has 1 amide bonds. The van der Waals surface area contributed by atoms with Crippen molar-refractivity contribution in [3.8, 4) is 0 Å². The van der Waals surface area contributed by atoms with E-state index in [-0.39, 0.29) is 11.3 Å². The molecule has 1 N–H and O–H groups in total. The minimum atomic E-state index is -0.163. The quantitative estimate of drug-likeness (QED) is 0.878. The van der Waals surface area contributed by atoms with Crippen molar-refractivity contribution in [2.45, 2.75) is 39.2 Å². The van der Waals surface area contributed by atoms with Crippen molar-refractivity contribution < 1.29 is 9.21 Å². The second-order valence-corrected chi connectivity index (χ2v) is 6.62. The van der Waals surface area contributed by atoms with E-state index in [1.54, 1.807) is 4.90 Å². The standard InChI is InChI=1S/C14H17ClN4O2/c1-14(2,3)13-17-9-7-19(5-4-10(9)21-13)12(20)11-8(15)6-16-18-11/h6H,4-5,7H2,1-3H3,(H,16,18). The van der Waals surface area contributed by atoms with Crippen LogP contribution in [0.3, 0.4) is 0 Å². The van der Waals surface area contributed by atoms with Crippen molar-refractivity contribution in [3.05, 3.63) is 34.3 Å². The lowest BCUT2D eigenvalue weighted by atomic mass is 9.97. The molecule has 0 aromatic carbocycles. The lowest BCUT2D eigenvalue weighted by Crippen LogP contribution is -2.36. The third-order valence-electron chi connectivity index (χ3n) is 3.46. The van der Waals surface area contributed by atoms with Gasteiger partial charge in [-0.05, 0) is 0 Å². The summed E-state index contributed by atoms with van der Waals surface area (Å²) in [5.74, 6) is 1.42. The summed E-state index contributed by atoms with van der Waals surface area (Å²) in [6.07, 6.45) is 2.09. The predicted molar refractivity (Wildman–Crippen MR) is 77.2 cm³/mol. The molecule has 0 saturated carbocycles. The second kappa shape index (κ2) is 4.87. The number of aromatic amines is 1. The Morgan fingerprint density at radius 2 is 2.24 bits per heavy atom. The number of amides is 1. The van der Waals surface area contributed by atoms with Gasteiger partial charge in [-0.2, -0.15) is 5.10 Å². The molecule has 0 spiro atoms. The van der Waals surface area contributed by atoms with Crippen molar-refractivity contribution in [2.24, 2.45) is 0 Å². The van der Waals surface area contributed by atoms with Gasteiger partial charge in [-0.25, -0.2) is 4.98 Å². The summed E-state index contributed by atoms with van der Waals surface area (Å²) in [6, 6.07) is 0. The number of carbonyl (C=O) groups is 1. The van der Waals surface area contributed by atoms with Crippen molar-refractivity contribution in [2.75, 3.05) is 6.54 Å². The first kappa shape index (κ1) is 14.1. The van der Waals surface area contributed by atoms with Crippen molar-refractivity contribution in [1.29, 1.82) is 0 Å². The largest absolute Gasteiger partial charge is 0.445 e. The van der Waals surface area contributed by atoms with E-state index in [9.17, 15) is 4.79 Å². The molecule has 3 rings (SSSR count). The van der Waals surface area contributed by atoms with Crippen LogP contribution in [0.2, 0.25) is 5.02 Å². The zero-order valence-electron chi connectivity index (χ0n) is 12.2. The lowest BCUT2D eigenvalue weighted by molar-refractivity contribution is 0.0722. The van der Waals surface area contributed by atoms with Crippen LogP contribution in [0.15, 0.2) is 10.6 Å². The summed E-state index contributed by atoms with van der Waals surface area (Å²) in [5, 5.41) is 6.75. The first-order valence-electron chi connectivity index (χ1n) is 6.83. The van der Waals surface area contributed by atoms with Gasteiger partial charge >= 0.3 is 0 Å². The number of hydrogen-bond donors (Lipinski definition) is 1. The fourth-order valence-electron chi connectivity index (χ4n) is 2.27. The first-order valence-corrected chi connectivity index (χ1v) is 7.21. The van der Waals surface area contributed by atoms with Gasteiger partial charge in [-0.15, -0.1) is 0 Å². The monoisotopic (exact) mass is 308 g/mol. The molecule has 3 heterocycles. The molecule has 7 heteroatoms. The number of H-pyrrole nitrogens is 1. The highest BCUT2D eigenvalue weighted by Crippen LogP contribution is 2.28. The molecule has 2 aromatic heterocycles. The molecule has 0 atom stereocenters. The Morgan fingerprint density at radius 3 is 2.86 bits per heavy atom. The first-order chi connectivity index (χ1) is 9.86. The Kier molecular flexibility index (Phi) is 3.28. The number of fused-ring (bicyclic) bond motifs is 1. The molecular formula is C14H17ClN4O2. The highest BCUT2D eigenvalue weighted by molar-refractivity contribution is 6.33. The Labute approximate surface area is 127 Å². The van der Waals surface area contributed by atoms with Crippen LogP contribution in [-0.4, -0.2) is 32.5 Å². The molecule has 0 unspecified atom stereocenters. The smallest absolute Gasteiger partial charge is 0.273 e. The summed E-state index contributed by atoms with van der Waals surface area (Å²) in [6.45, 7) is 7.18. The molecule has 21 heavy (non-hydrogen) atoms. The number of halogens is 1. The summed E-state index contributed by atoms with van der Waals surface area (Å²) in [7, 11) is 0. The summed E-state index contributed by atoms with van der Waals surface area (Å²) < 4.78 is 5.82. The van der Waals surface area contributed by atoms with Gasteiger partial charge in [0.2, 0.25) is 0 Å². The van der Waals surface area contributed by atoms with Gasteiger partial charge < -0.3 is 9.32 Å². The van der Waals surface area contributed by atoms with Gasteiger partial charge in [0.05, 0.1) is 17.8 Å². The number of rotatable bonds is 1. The van der Waals surface area contributed by atoms with Crippen LogP contribution in [0.1, 0.15) is 48.6 Å². The molecule has 0 fully saturated rings. The van der Waals surface area contributed by atoms with Crippen LogP contribution in [-0.2, 0) is 18.4 Å². The Morgan fingerprint density at radius 1 is 1.48 bits per heavy atom. The number of oxazole rings is 1. The zero-order valence-corrected chi connectivity index (χ0v) is 13.0. The predicted octanol–water partition coefficient (Wildman–Crippen LogP) is 2.55. The SMILES string of the molecule is CC(C)(C)c1nc2c(o1)CCN(C(=O)c1[nH]ncc1Cl)C2. The molecule has 112 valence electrons. The normalized spacial score (nSPS) is 15.1. The van der Waals surface area contributed by atoms with Crippen molar-refractivity contribution in [3.63, 3.8) is 0 Å². The molecule has 0 bridgehead atoms. The lowest BCUT2D eigenvalue weighted by Gasteiger charge is -2.24. The van der Waals surface area contributed by atoms with Gasteiger partial charge in [-0.1, -0.05) is 32.4 Å². The third-order valence-corrected chi connectivity index (χ3v) is 3.75. The molecule has 6 nitrogen and oxygen atoms in total. The van der Waals surface area contributed by atoms with E-state index in [0.29, 0.717) is 36.1 Å². The average Bonchev–Trinajstić information content (AvgIpc) is 3.02. The van der Waals surface area contributed by atoms with E-state index in [2.05, 4.69) is 36.0 Å². The van der Waals surface area contributed by atoms with Crippen molar-refractivity contribution in [1.82, 2.24) is 20.1 Å². The van der Waals surface area contributed by atoms with Crippen LogP contribution < -0.4 is 0 Å². The average molecular weight is 309 g/mol. The molecule has 2 aromatic rings. The fourth-order valence-corrected chi connectivity index (χ4v) is 2.44. The van der Waals surface area contributed by atoms with E-state index in [0.717, 1.165) is 11.5 Å². The highest BCUT2D eigenvalue weighted by Gasteiger charge is 2.30. The van der Waals surface area contributed by atoms with E-state index in [4.69, 9.17) is 16.0 Å². The topological polar surface area (TPSA) is 75.0 Å². The van der Waals surface area contributed by atoms with Crippen molar-refractivity contribution >= 4 is 17.5 Å². The highest BCUT2D eigenvalue weighted by atomic mass is 35.5. The van der Waals surface area contributed by atoms with Gasteiger partial charge in [0.15, 0.2) is 5.89 Å². The number of aromatic nitrogens is 3. The maximum atomic E-state index is 12.4. The van der Waals surface area contributed by atoms with E-state index < -0.39 is 0 Å². The minimum absolute atomic E-state index is 0.140. The van der Waals surface area contributed by atoms with Crippen LogP contribution >= 0.6 is 11.6 Å². The second-order valence-electron chi connectivity index (χ2n) is 6.21. The Hall–Kier alpha value is -1.82. The number of nitrogens with zero attached hydrogens (tertiary/aromatic N) is 3. The number of hydrogen-bond acceptors (Lipinski definition) is 4. The number of carbonyl (C=O) groups excluding carboxylic acids is 1. The van der Waals surface area contributed by atoms with Crippen LogP contribution in [0, 0.1) is 0 Å². The van der Waals surface area contributed by atoms with E-state index in [1.165, 1.54) is 6.20 Å². The minimum Gasteiger partial charge on any atom is -0.445 e. The van der Waals surface area contributed by atoms with Crippen LogP contribution in [0.25, 0.3) is 0 Å². The maximum absolute atomic E-state index is 12.4.